The predicted molar refractivity (Wildman–Crippen MR) is 131 cm³/mol. The van der Waals surface area contributed by atoms with Crippen LogP contribution in [0.25, 0.3) is 11.1 Å². The lowest BCUT2D eigenvalue weighted by molar-refractivity contribution is 0.134. The first-order chi connectivity index (χ1) is 16.5. The number of benzene rings is 3. The van der Waals surface area contributed by atoms with Crippen molar-refractivity contribution < 1.29 is 17.9 Å². The van der Waals surface area contributed by atoms with E-state index in [-0.39, 0.29) is 11.7 Å². The Labute approximate surface area is 201 Å². The van der Waals surface area contributed by atoms with E-state index in [1.807, 2.05) is 50.2 Å². The molecule has 1 aliphatic rings. The van der Waals surface area contributed by atoms with Gasteiger partial charge in [0.25, 0.3) is 0 Å². The van der Waals surface area contributed by atoms with Crippen LogP contribution in [-0.4, -0.2) is 6.61 Å². The molecule has 0 aliphatic heterocycles. The zero-order valence-corrected chi connectivity index (χ0v) is 20.0. The quantitative estimate of drug-likeness (QED) is 0.323. The van der Waals surface area contributed by atoms with Crippen LogP contribution in [0.1, 0.15) is 67.2 Å². The summed E-state index contributed by atoms with van der Waals surface area (Å²) in [5.74, 6) is -1.12. The van der Waals surface area contributed by atoms with Gasteiger partial charge in [0.1, 0.15) is 5.82 Å². The fraction of sp³-hybridized carbons (Fsp3) is 0.400. The molecule has 0 spiro atoms. The van der Waals surface area contributed by atoms with E-state index in [4.69, 9.17) is 4.74 Å². The van der Waals surface area contributed by atoms with E-state index in [1.54, 1.807) is 18.2 Å². The minimum Gasteiger partial charge on any atom is -0.377 e. The van der Waals surface area contributed by atoms with Gasteiger partial charge in [-0.05, 0) is 92.5 Å². The van der Waals surface area contributed by atoms with E-state index in [0.717, 1.165) is 48.8 Å². The molecule has 180 valence electrons. The van der Waals surface area contributed by atoms with Gasteiger partial charge >= 0.3 is 0 Å². The highest BCUT2D eigenvalue weighted by molar-refractivity contribution is 5.65. The molecule has 1 saturated carbocycles. The molecule has 34 heavy (non-hydrogen) atoms. The summed E-state index contributed by atoms with van der Waals surface area (Å²) in [5.41, 5.74) is 4.16. The molecule has 0 amide bonds. The van der Waals surface area contributed by atoms with Gasteiger partial charge in [-0.3, -0.25) is 0 Å². The van der Waals surface area contributed by atoms with E-state index < -0.39 is 11.6 Å². The maximum absolute atomic E-state index is 15.0. The molecule has 0 aromatic heterocycles. The summed E-state index contributed by atoms with van der Waals surface area (Å²) in [6.45, 7) is 4.93. The minimum atomic E-state index is -0.758. The van der Waals surface area contributed by atoms with Crippen molar-refractivity contribution in [2.75, 3.05) is 6.61 Å². The first kappa shape index (κ1) is 24.5. The fourth-order valence-corrected chi connectivity index (χ4v) is 5.06. The van der Waals surface area contributed by atoms with Gasteiger partial charge in [-0.15, -0.1) is 0 Å². The van der Waals surface area contributed by atoms with Crippen LogP contribution in [-0.2, 0) is 17.8 Å². The normalized spacial score (nSPS) is 18.3. The molecule has 0 saturated heterocycles. The highest BCUT2D eigenvalue weighted by Crippen LogP contribution is 2.40. The number of ether oxygens (including phenoxy) is 1. The molecule has 4 rings (SSSR count). The van der Waals surface area contributed by atoms with Crippen molar-refractivity contribution in [2.24, 2.45) is 5.92 Å². The third kappa shape index (κ3) is 5.72. The third-order valence-electron chi connectivity index (χ3n) is 7.17. The fourth-order valence-electron chi connectivity index (χ4n) is 5.06. The third-order valence-corrected chi connectivity index (χ3v) is 7.17. The summed E-state index contributed by atoms with van der Waals surface area (Å²) in [7, 11) is 0. The number of aryl methyl sites for hydroxylation is 2. The summed E-state index contributed by atoms with van der Waals surface area (Å²) in [6.07, 6.45) is 5.19. The van der Waals surface area contributed by atoms with Gasteiger partial charge in [0.15, 0.2) is 11.6 Å². The Balaban J connectivity index is 1.34. The first-order valence-electron chi connectivity index (χ1n) is 12.4. The molecule has 3 aromatic carbocycles. The van der Waals surface area contributed by atoms with Gasteiger partial charge in [0.05, 0.1) is 6.61 Å². The van der Waals surface area contributed by atoms with Crippen molar-refractivity contribution >= 4 is 0 Å². The largest absolute Gasteiger partial charge is 0.377 e. The van der Waals surface area contributed by atoms with Gasteiger partial charge in [-0.1, -0.05) is 54.1 Å². The van der Waals surface area contributed by atoms with Crippen LogP contribution in [0.4, 0.5) is 13.2 Å². The maximum atomic E-state index is 15.0. The summed E-state index contributed by atoms with van der Waals surface area (Å²) in [6, 6.07) is 16.3. The molecule has 0 radical (unpaired) electrons. The van der Waals surface area contributed by atoms with Crippen LogP contribution >= 0.6 is 0 Å². The van der Waals surface area contributed by atoms with Crippen LogP contribution in [0.2, 0.25) is 0 Å². The van der Waals surface area contributed by atoms with Crippen molar-refractivity contribution in [3.8, 4) is 11.1 Å². The monoisotopic (exact) mass is 466 g/mol. The van der Waals surface area contributed by atoms with Gasteiger partial charge in [0.2, 0.25) is 0 Å². The molecule has 1 nitrogen and oxygen atoms in total. The van der Waals surface area contributed by atoms with E-state index in [0.29, 0.717) is 42.2 Å². The zero-order chi connectivity index (χ0) is 24.1. The Morgan fingerprint density at radius 2 is 1.59 bits per heavy atom. The van der Waals surface area contributed by atoms with Crippen LogP contribution < -0.4 is 0 Å². The van der Waals surface area contributed by atoms with Crippen LogP contribution in [0.3, 0.4) is 0 Å². The van der Waals surface area contributed by atoms with Gasteiger partial charge < -0.3 is 4.74 Å². The van der Waals surface area contributed by atoms with Crippen LogP contribution in [0.15, 0.2) is 54.6 Å². The smallest absolute Gasteiger partial charge is 0.166 e. The Bertz CT molecular complexity index is 1100. The predicted octanol–water partition coefficient (Wildman–Crippen LogP) is 8.52. The van der Waals surface area contributed by atoms with Crippen molar-refractivity contribution in [3.05, 3.63) is 94.3 Å². The van der Waals surface area contributed by atoms with Crippen LogP contribution in [0, 0.1) is 30.3 Å². The highest BCUT2D eigenvalue weighted by atomic mass is 19.2. The molecule has 4 heteroatoms. The molecule has 0 bridgehead atoms. The standard InChI is InChI=1S/C30H33F3O/c1-3-34-19-22-9-15-25(28(31)18-22)14-8-21-6-12-24(13-7-21)27-17-16-26(29(32)30(27)33)23-10-4-20(2)5-11-23/h4-5,9-11,15-18,21,24H,3,6-8,12-14,19H2,1-2H3. The molecule has 0 unspecified atom stereocenters. The average Bonchev–Trinajstić information content (AvgIpc) is 2.85. The molecular formula is C30H33F3O. The number of hydrogen-bond acceptors (Lipinski definition) is 1. The second-order valence-corrected chi connectivity index (χ2v) is 9.52. The highest BCUT2D eigenvalue weighted by Gasteiger charge is 2.26. The van der Waals surface area contributed by atoms with Crippen molar-refractivity contribution in [1.29, 1.82) is 0 Å². The van der Waals surface area contributed by atoms with Crippen molar-refractivity contribution in [1.82, 2.24) is 0 Å². The molecule has 3 aromatic rings. The molecule has 1 aliphatic carbocycles. The Morgan fingerprint density at radius 1 is 0.853 bits per heavy atom. The Morgan fingerprint density at radius 3 is 2.26 bits per heavy atom. The SMILES string of the molecule is CCOCc1ccc(CCC2CCC(c3ccc(-c4ccc(C)cc4)c(F)c3F)CC2)c(F)c1. The average molecular weight is 467 g/mol. The summed E-state index contributed by atoms with van der Waals surface area (Å²) < 4.78 is 49.7. The number of hydrogen-bond donors (Lipinski definition) is 0. The molecule has 1 fully saturated rings. The Kier molecular flexibility index (Phi) is 8.10. The molecule has 0 N–H and O–H groups in total. The van der Waals surface area contributed by atoms with Crippen molar-refractivity contribution in [3.63, 3.8) is 0 Å². The number of rotatable bonds is 8. The lowest BCUT2D eigenvalue weighted by Crippen LogP contribution is -2.16. The topological polar surface area (TPSA) is 9.23 Å². The van der Waals surface area contributed by atoms with Crippen LogP contribution in [0.5, 0.6) is 0 Å². The maximum Gasteiger partial charge on any atom is 0.166 e. The Hall–Kier alpha value is -2.59. The summed E-state index contributed by atoms with van der Waals surface area (Å²) in [5, 5.41) is 0. The molecule has 0 heterocycles. The lowest BCUT2D eigenvalue weighted by Gasteiger charge is -2.29. The van der Waals surface area contributed by atoms with E-state index in [1.165, 1.54) is 0 Å². The van der Waals surface area contributed by atoms with Crippen molar-refractivity contribution in [2.45, 2.75) is 64.9 Å². The van der Waals surface area contributed by atoms with Gasteiger partial charge in [0, 0.05) is 12.2 Å². The lowest BCUT2D eigenvalue weighted by atomic mass is 9.76. The second kappa shape index (κ2) is 11.2. The van der Waals surface area contributed by atoms with E-state index in [2.05, 4.69) is 0 Å². The summed E-state index contributed by atoms with van der Waals surface area (Å²) >= 11 is 0. The molecular weight excluding hydrogens is 433 g/mol. The summed E-state index contributed by atoms with van der Waals surface area (Å²) in [4.78, 5) is 0. The van der Waals surface area contributed by atoms with Gasteiger partial charge in [-0.2, -0.15) is 0 Å². The first-order valence-corrected chi connectivity index (χ1v) is 12.4. The van der Waals surface area contributed by atoms with Gasteiger partial charge in [-0.25, -0.2) is 13.2 Å². The van der Waals surface area contributed by atoms with E-state index >= 15 is 4.39 Å². The second-order valence-electron chi connectivity index (χ2n) is 9.52. The molecule has 0 atom stereocenters. The van der Waals surface area contributed by atoms with E-state index in [9.17, 15) is 8.78 Å². The zero-order valence-electron chi connectivity index (χ0n) is 20.0. The number of halogens is 3. The minimum absolute atomic E-state index is 0.0346.